The maximum Gasteiger partial charge on any atom is 0.257 e. The monoisotopic (exact) mass is 482 g/mol. The van der Waals surface area contributed by atoms with E-state index in [1.165, 1.54) is 6.07 Å². The number of piperidine rings is 1. The summed E-state index contributed by atoms with van der Waals surface area (Å²) in [6.45, 7) is 1.66. The van der Waals surface area contributed by atoms with E-state index in [9.17, 15) is 19.5 Å². The standard InChI is InChI=1S/C28H26N4O4/c29-27(35)19-3-1-2-17(14-19)26(34)18-4-9-23-24(28(36)31-25(23)15-18)16-30-20-5-7-21(8-6-20)32-12-10-22(33)11-13-32/h1-9,14-16,22,30,33H,10-13H2,(H2,29,35)(H,31,36). The normalized spacial score (nSPS) is 16.5. The molecule has 8 nitrogen and oxygen atoms in total. The maximum atomic E-state index is 12.9. The smallest absolute Gasteiger partial charge is 0.257 e. The zero-order valence-corrected chi connectivity index (χ0v) is 19.5. The maximum absolute atomic E-state index is 12.9. The lowest BCUT2D eigenvalue weighted by Crippen LogP contribution is -2.35. The lowest BCUT2D eigenvalue weighted by Gasteiger charge is -2.31. The number of aliphatic hydroxyl groups excluding tert-OH is 1. The van der Waals surface area contributed by atoms with Gasteiger partial charge in [-0.25, -0.2) is 0 Å². The van der Waals surface area contributed by atoms with Crippen LogP contribution < -0.4 is 21.3 Å². The second kappa shape index (κ2) is 9.67. The lowest BCUT2D eigenvalue weighted by molar-refractivity contribution is -0.110. The number of benzene rings is 3. The third-order valence-electron chi connectivity index (χ3n) is 6.55. The van der Waals surface area contributed by atoms with Gasteiger partial charge in [-0.2, -0.15) is 0 Å². The molecule has 3 aromatic carbocycles. The van der Waals surface area contributed by atoms with Gasteiger partial charge in [0.1, 0.15) is 0 Å². The van der Waals surface area contributed by atoms with E-state index in [0.717, 1.165) is 37.3 Å². The van der Waals surface area contributed by atoms with Gasteiger partial charge in [-0.15, -0.1) is 0 Å². The van der Waals surface area contributed by atoms with Gasteiger partial charge in [0, 0.05) is 58.6 Å². The molecule has 2 aliphatic rings. The van der Waals surface area contributed by atoms with Crippen molar-refractivity contribution in [2.24, 2.45) is 5.73 Å². The third-order valence-corrected chi connectivity index (χ3v) is 6.55. The summed E-state index contributed by atoms with van der Waals surface area (Å²) in [5.74, 6) is -1.13. The molecule has 3 aromatic rings. The Morgan fingerprint density at radius 1 is 0.972 bits per heavy atom. The Morgan fingerprint density at radius 3 is 2.39 bits per heavy atom. The highest BCUT2D eigenvalue weighted by Gasteiger charge is 2.25. The number of nitrogens with two attached hydrogens (primary N) is 1. The number of rotatable bonds is 6. The van der Waals surface area contributed by atoms with Crippen molar-refractivity contribution in [2.45, 2.75) is 18.9 Å². The molecule has 0 atom stereocenters. The Labute approximate surface area is 208 Å². The van der Waals surface area contributed by atoms with Gasteiger partial charge in [-0.3, -0.25) is 14.4 Å². The van der Waals surface area contributed by atoms with Gasteiger partial charge < -0.3 is 26.4 Å². The summed E-state index contributed by atoms with van der Waals surface area (Å²) in [6, 6.07) is 19.2. The van der Waals surface area contributed by atoms with E-state index >= 15 is 0 Å². The molecule has 2 heterocycles. The van der Waals surface area contributed by atoms with Crippen LogP contribution in [-0.2, 0) is 4.79 Å². The van der Waals surface area contributed by atoms with Crippen molar-refractivity contribution in [3.63, 3.8) is 0 Å². The third kappa shape index (κ3) is 4.71. The largest absolute Gasteiger partial charge is 0.393 e. The molecule has 2 amide bonds. The average molecular weight is 483 g/mol. The van der Waals surface area contributed by atoms with Crippen molar-refractivity contribution >= 4 is 40.2 Å². The molecule has 8 heteroatoms. The number of nitrogens with zero attached hydrogens (tertiary/aromatic N) is 1. The van der Waals surface area contributed by atoms with Crippen molar-refractivity contribution in [1.29, 1.82) is 0 Å². The molecule has 0 aromatic heterocycles. The topological polar surface area (TPSA) is 125 Å². The number of hydrogen-bond acceptors (Lipinski definition) is 6. The zero-order valence-electron chi connectivity index (χ0n) is 19.5. The first kappa shape index (κ1) is 23.3. The van der Waals surface area contributed by atoms with Gasteiger partial charge in [0.2, 0.25) is 5.91 Å². The second-order valence-electron chi connectivity index (χ2n) is 8.96. The van der Waals surface area contributed by atoms with E-state index in [-0.39, 0.29) is 23.4 Å². The van der Waals surface area contributed by atoms with E-state index < -0.39 is 5.91 Å². The van der Waals surface area contributed by atoms with Crippen LogP contribution in [0, 0.1) is 0 Å². The van der Waals surface area contributed by atoms with Crippen LogP contribution in [0.4, 0.5) is 17.1 Å². The van der Waals surface area contributed by atoms with Gasteiger partial charge in [-0.1, -0.05) is 24.3 Å². The molecular weight excluding hydrogens is 456 g/mol. The van der Waals surface area contributed by atoms with Crippen LogP contribution in [0.15, 0.2) is 72.9 Å². The molecule has 2 aliphatic heterocycles. The molecular formula is C28H26N4O4. The van der Waals surface area contributed by atoms with E-state index in [1.807, 2.05) is 24.3 Å². The van der Waals surface area contributed by atoms with Crippen LogP contribution >= 0.6 is 0 Å². The van der Waals surface area contributed by atoms with Crippen LogP contribution in [0.2, 0.25) is 0 Å². The summed E-state index contributed by atoms with van der Waals surface area (Å²) in [5.41, 5.74) is 9.97. The number of nitrogens with one attached hydrogen (secondary N) is 2. The fourth-order valence-corrected chi connectivity index (χ4v) is 4.51. The van der Waals surface area contributed by atoms with E-state index in [1.54, 1.807) is 42.6 Å². The molecule has 0 radical (unpaired) electrons. The molecule has 0 saturated carbocycles. The molecule has 1 fully saturated rings. The van der Waals surface area contributed by atoms with E-state index in [2.05, 4.69) is 15.5 Å². The second-order valence-corrected chi connectivity index (χ2v) is 8.96. The Kier molecular flexibility index (Phi) is 6.26. The molecule has 0 unspecified atom stereocenters. The van der Waals surface area contributed by atoms with Gasteiger partial charge in [0.25, 0.3) is 5.91 Å². The van der Waals surface area contributed by atoms with Crippen LogP contribution in [0.25, 0.3) is 5.57 Å². The first-order valence-corrected chi connectivity index (χ1v) is 11.8. The number of anilines is 3. The fourth-order valence-electron chi connectivity index (χ4n) is 4.51. The van der Waals surface area contributed by atoms with Crippen LogP contribution in [0.1, 0.15) is 44.7 Å². The number of carbonyl (C=O) groups is 3. The minimum Gasteiger partial charge on any atom is -0.393 e. The molecule has 182 valence electrons. The molecule has 5 rings (SSSR count). The summed E-state index contributed by atoms with van der Waals surface area (Å²) >= 11 is 0. The minimum atomic E-state index is -0.603. The van der Waals surface area contributed by atoms with Gasteiger partial charge >= 0.3 is 0 Å². The summed E-state index contributed by atoms with van der Waals surface area (Å²) < 4.78 is 0. The van der Waals surface area contributed by atoms with Gasteiger partial charge in [-0.05, 0) is 55.3 Å². The number of aliphatic hydroxyl groups is 1. The molecule has 0 spiro atoms. The van der Waals surface area contributed by atoms with Crippen molar-refractivity contribution in [1.82, 2.24) is 0 Å². The Morgan fingerprint density at radius 2 is 1.67 bits per heavy atom. The van der Waals surface area contributed by atoms with Crippen molar-refractivity contribution < 1.29 is 19.5 Å². The lowest BCUT2D eigenvalue weighted by atomic mass is 9.98. The Hall–Kier alpha value is -4.43. The first-order valence-electron chi connectivity index (χ1n) is 11.8. The van der Waals surface area contributed by atoms with Crippen LogP contribution in [-0.4, -0.2) is 41.9 Å². The zero-order chi connectivity index (χ0) is 25.2. The molecule has 0 aliphatic carbocycles. The summed E-state index contributed by atoms with van der Waals surface area (Å²) in [6.07, 6.45) is 2.99. The Balaban J connectivity index is 1.31. The summed E-state index contributed by atoms with van der Waals surface area (Å²) in [7, 11) is 0. The number of fused-ring (bicyclic) bond motifs is 1. The van der Waals surface area contributed by atoms with E-state index in [4.69, 9.17) is 5.73 Å². The quantitative estimate of drug-likeness (QED) is 0.315. The number of hydrogen-bond donors (Lipinski definition) is 4. The van der Waals surface area contributed by atoms with Crippen LogP contribution in [0.5, 0.6) is 0 Å². The predicted octanol–water partition coefficient (Wildman–Crippen LogP) is 3.38. The van der Waals surface area contributed by atoms with Gasteiger partial charge in [0.05, 0.1) is 11.7 Å². The first-order chi connectivity index (χ1) is 17.4. The SMILES string of the molecule is NC(=O)c1cccc(C(=O)c2ccc3c(c2)NC(=O)C3=CNc2ccc(N3CCC(O)CC3)cc2)c1. The van der Waals surface area contributed by atoms with Crippen molar-refractivity contribution in [3.05, 3.63) is 95.2 Å². The number of primary amides is 1. The molecule has 0 bridgehead atoms. The van der Waals surface area contributed by atoms with Gasteiger partial charge in [0.15, 0.2) is 5.78 Å². The number of amides is 2. The van der Waals surface area contributed by atoms with Crippen molar-refractivity contribution in [3.8, 4) is 0 Å². The summed E-state index contributed by atoms with van der Waals surface area (Å²) in [5, 5.41) is 15.7. The molecule has 36 heavy (non-hydrogen) atoms. The number of ketones is 1. The fraction of sp³-hybridized carbons (Fsp3) is 0.179. The molecule has 1 saturated heterocycles. The highest BCUT2D eigenvalue weighted by Crippen LogP contribution is 2.33. The highest BCUT2D eigenvalue weighted by molar-refractivity contribution is 6.32. The summed E-state index contributed by atoms with van der Waals surface area (Å²) in [4.78, 5) is 39.3. The molecule has 5 N–H and O–H groups in total. The van der Waals surface area contributed by atoms with E-state index in [0.29, 0.717) is 28.0 Å². The predicted molar refractivity (Wildman–Crippen MR) is 139 cm³/mol. The Bertz CT molecular complexity index is 1370. The van der Waals surface area contributed by atoms with Crippen LogP contribution in [0.3, 0.4) is 0 Å². The number of carbonyl (C=O) groups excluding carboxylic acids is 3. The average Bonchev–Trinajstić information content (AvgIpc) is 3.21. The highest BCUT2D eigenvalue weighted by atomic mass is 16.3. The van der Waals surface area contributed by atoms with Crippen molar-refractivity contribution in [2.75, 3.05) is 28.6 Å². The minimum absolute atomic E-state index is 0.212.